The lowest BCUT2D eigenvalue weighted by atomic mass is 10.1. The fourth-order valence-corrected chi connectivity index (χ4v) is 5.67. The monoisotopic (exact) mass is 623 g/mol. The van der Waals surface area contributed by atoms with Crippen LogP contribution in [0.4, 0.5) is 5.69 Å². The van der Waals surface area contributed by atoms with E-state index in [0.717, 1.165) is 15.4 Å². The van der Waals surface area contributed by atoms with Crippen LogP contribution in [-0.2, 0) is 26.2 Å². The number of hydrogen-bond acceptors (Lipinski definition) is 4. The molecule has 3 aromatic carbocycles. The van der Waals surface area contributed by atoms with Gasteiger partial charge in [0.2, 0.25) is 11.8 Å². The van der Waals surface area contributed by atoms with Crippen molar-refractivity contribution in [2.75, 3.05) is 10.8 Å². The van der Waals surface area contributed by atoms with Crippen molar-refractivity contribution in [2.45, 2.75) is 57.6 Å². The Morgan fingerprint density at radius 3 is 2.10 bits per heavy atom. The zero-order chi connectivity index (χ0) is 29.6. The van der Waals surface area contributed by atoms with E-state index in [2.05, 4.69) is 5.32 Å². The second-order valence-corrected chi connectivity index (χ2v) is 12.7. The Morgan fingerprint density at radius 1 is 0.900 bits per heavy atom. The van der Waals surface area contributed by atoms with Crippen molar-refractivity contribution in [3.63, 3.8) is 0 Å². The SMILES string of the molecule is CC[C@H](C)NC(=O)[C@H](C)N(Cc1ccc(Cl)cc1)C(=O)CN(c1ccc(Cl)c(Cl)c1)S(=O)(=O)c1ccc(C)cc1. The second kappa shape index (κ2) is 13.7. The van der Waals surface area contributed by atoms with Crippen LogP contribution in [0.1, 0.15) is 38.3 Å². The van der Waals surface area contributed by atoms with Gasteiger partial charge in [0.15, 0.2) is 0 Å². The molecule has 0 radical (unpaired) electrons. The van der Waals surface area contributed by atoms with Crippen LogP contribution in [-0.4, -0.2) is 43.8 Å². The molecule has 0 heterocycles. The zero-order valence-corrected chi connectivity index (χ0v) is 25.8. The molecule has 2 atom stereocenters. The van der Waals surface area contributed by atoms with Crippen molar-refractivity contribution in [2.24, 2.45) is 0 Å². The Bertz CT molecular complexity index is 1450. The van der Waals surface area contributed by atoms with Crippen molar-refractivity contribution in [3.8, 4) is 0 Å². The largest absolute Gasteiger partial charge is 0.352 e. The normalized spacial score (nSPS) is 12.9. The second-order valence-electron chi connectivity index (χ2n) is 9.57. The fraction of sp³-hybridized carbons (Fsp3) is 0.310. The fourth-order valence-electron chi connectivity index (χ4n) is 3.84. The van der Waals surface area contributed by atoms with Crippen molar-refractivity contribution in [1.29, 1.82) is 0 Å². The summed E-state index contributed by atoms with van der Waals surface area (Å²) in [7, 11) is -4.21. The van der Waals surface area contributed by atoms with E-state index < -0.39 is 28.5 Å². The number of aryl methyl sites for hydroxylation is 1. The van der Waals surface area contributed by atoms with Crippen LogP contribution in [0.15, 0.2) is 71.6 Å². The average molecular weight is 625 g/mol. The minimum atomic E-state index is -4.21. The average Bonchev–Trinajstić information content (AvgIpc) is 2.92. The van der Waals surface area contributed by atoms with Gasteiger partial charge in [0.25, 0.3) is 10.0 Å². The summed E-state index contributed by atoms with van der Waals surface area (Å²) in [5.74, 6) is -0.928. The van der Waals surface area contributed by atoms with Gasteiger partial charge in [-0.25, -0.2) is 8.42 Å². The van der Waals surface area contributed by atoms with Crippen LogP contribution in [0.2, 0.25) is 15.1 Å². The number of anilines is 1. The first-order valence-electron chi connectivity index (χ1n) is 12.7. The lowest BCUT2D eigenvalue weighted by molar-refractivity contribution is -0.139. The first-order chi connectivity index (χ1) is 18.8. The number of halogens is 3. The Labute approximate surface area is 251 Å². The maximum Gasteiger partial charge on any atom is 0.264 e. The Kier molecular flexibility index (Phi) is 10.9. The molecule has 0 spiro atoms. The van der Waals surface area contributed by atoms with Crippen LogP contribution in [0.3, 0.4) is 0 Å². The molecule has 0 unspecified atom stereocenters. The van der Waals surface area contributed by atoms with Gasteiger partial charge in [0.05, 0.1) is 20.6 Å². The Morgan fingerprint density at radius 2 is 1.52 bits per heavy atom. The number of sulfonamides is 1. The van der Waals surface area contributed by atoms with Gasteiger partial charge >= 0.3 is 0 Å². The molecule has 0 aromatic heterocycles. The van der Waals surface area contributed by atoms with Gasteiger partial charge in [-0.3, -0.25) is 13.9 Å². The molecule has 0 aliphatic carbocycles. The molecule has 1 N–H and O–H groups in total. The Balaban J connectivity index is 2.04. The highest BCUT2D eigenvalue weighted by molar-refractivity contribution is 7.92. The van der Waals surface area contributed by atoms with Gasteiger partial charge in [-0.15, -0.1) is 0 Å². The van der Waals surface area contributed by atoms with Crippen LogP contribution in [0, 0.1) is 6.92 Å². The third kappa shape index (κ3) is 7.91. The van der Waals surface area contributed by atoms with E-state index >= 15 is 0 Å². The topological polar surface area (TPSA) is 86.8 Å². The third-order valence-corrected chi connectivity index (χ3v) is 9.29. The first kappa shape index (κ1) is 31.7. The van der Waals surface area contributed by atoms with E-state index in [-0.39, 0.29) is 39.1 Å². The molecule has 3 aromatic rings. The number of benzene rings is 3. The van der Waals surface area contributed by atoms with Crippen molar-refractivity contribution >= 4 is 62.3 Å². The van der Waals surface area contributed by atoms with E-state index in [0.29, 0.717) is 11.4 Å². The number of amides is 2. The van der Waals surface area contributed by atoms with E-state index in [9.17, 15) is 18.0 Å². The van der Waals surface area contributed by atoms with E-state index in [1.807, 2.05) is 20.8 Å². The highest BCUT2D eigenvalue weighted by Crippen LogP contribution is 2.31. The molecule has 0 bridgehead atoms. The standard InChI is InChI=1S/C29H32Cl3N3O4S/c1-5-20(3)33-29(37)21(4)34(17-22-8-10-23(30)11-9-22)28(36)18-35(24-12-15-26(31)27(32)16-24)40(38,39)25-13-6-19(2)7-14-25/h6-16,20-21H,5,17-18H2,1-4H3,(H,33,37)/t20-,21-/m0/s1. The van der Waals surface area contributed by atoms with Crippen molar-refractivity contribution < 1.29 is 18.0 Å². The van der Waals surface area contributed by atoms with Crippen LogP contribution >= 0.6 is 34.8 Å². The van der Waals surface area contributed by atoms with Gasteiger partial charge in [-0.05, 0) is 75.2 Å². The van der Waals surface area contributed by atoms with Crippen LogP contribution in [0.25, 0.3) is 0 Å². The molecule has 214 valence electrons. The number of rotatable bonds is 11. The molecule has 11 heteroatoms. The number of hydrogen-bond donors (Lipinski definition) is 1. The summed E-state index contributed by atoms with van der Waals surface area (Å²) in [6.07, 6.45) is 0.712. The molecule has 0 aliphatic heterocycles. The summed E-state index contributed by atoms with van der Waals surface area (Å²) in [5, 5.41) is 3.80. The third-order valence-electron chi connectivity index (χ3n) is 6.51. The Hall–Kier alpha value is -2.78. The molecule has 0 aliphatic rings. The number of carbonyl (C=O) groups excluding carboxylic acids is 2. The van der Waals surface area contributed by atoms with Gasteiger partial charge in [-0.1, -0.05) is 71.6 Å². The van der Waals surface area contributed by atoms with Gasteiger partial charge in [-0.2, -0.15) is 0 Å². The molecule has 7 nitrogen and oxygen atoms in total. The van der Waals surface area contributed by atoms with Gasteiger partial charge in [0.1, 0.15) is 12.6 Å². The number of nitrogens with one attached hydrogen (secondary N) is 1. The van der Waals surface area contributed by atoms with Gasteiger partial charge in [0, 0.05) is 17.6 Å². The highest BCUT2D eigenvalue weighted by Gasteiger charge is 2.33. The maximum absolute atomic E-state index is 13.9. The van der Waals surface area contributed by atoms with Crippen LogP contribution < -0.4 is 9.62 Å². The number of nitrogens with zero attached hydrogens (tertiary/aromatic N) is 2. The zero-order valence-electron chi connectivity index (χ0n) is 22.7. The van der Waals surface area contributed by atoms with Crippen molar-refractivity contribution in [3.05, 3.63) is 92.9 Å². The predicted molar refractivity (Wildman–Crippen MR) is 162 cm³/mol. The summed E-state index contributed by atoms with van der Waals surface area (Å²) < 4.78 is 28.7. The molecular weight excluding hydrogens is 593 g/mol. The minimum Gasteiger partial charge on any atom is -0.352 e. The molecule has 3 rings (SSSR count). The molecule has 0 saturated carbocycles. The molecule has 40 heavy (non-hydrogen) atoms. The molecule has 0 fully saturated rings. The smallest absolute Gasteiger partial charge is 0.264 e. The van der Waals surface area contributed by atoms with E-state index in [1.54, 1.807) is 43.3 Å². The lowest BCUT2D eigenvalue weighted by Gasteiger charge is -2.32. The summed E-state index contributed by atoms with van der Waals surface area (Å²) in [6, 6.07) is 16.5. The summed E-state index contributed by atoms with van der Waals surface area (Å²) >= 11 is 18.4. The van der Waals surface area contributed by atoms with E-state index in [4.69, 9.17) is 34.8 Å². The first-order valence-corrected chi connectivity index (χ1v) is 15.3. The predicted octanol–water partition coefficient (Wildman–Crippen LogP) is 6.48. The minimum absolute atomic E-state index is 0.00351. The quantitative estimate of drug-likeness (QED) is 0.265. The molecular formula is C29H32Cl3N3O4S. The van der Waals surface area contributed by atoms with Crippen molar-refractivity contribution in [1.82, 2.24) is 10.2 Å². The van der Waals surface area contributed by atoms with Crippen LogP contribution in [0.5, 0.6) is 0 Å². The lowest BCUT2D eigenvalue weighted by Crippen LogP contribution is -2.52. The van der Waals surface area contributed by atoms with E-state index in [1.165, 1.54) is 35.2 Å². The molecule has 0 saturated heterocycles. The summed E-state index contributed by atoms with van der Waals surface area (Å²) in [5.41, 5.74) is 1.77. The summed E-state index contributed by atoms with van der Waals surface area (Å²) in [6.45, 7) is 6.75. The van der Waals surface area contributed by atoms with Gasteiger partial charge < -0.3 is 10.2 Å². The maximum atomic E-state index is 13.9. The highest BCUT2D eigenvalue weighted by atomic mass is 35.5. The molecule has 2 amide bonds. The summed E-state index contributed by atoms with van der Waals surface area (Å²) in [4.78, 5) is 28.4. The number of carbonyl (C=O) groups is 2.